The van der Waals surface area contributed by atoms with E-state index in [1.54, 1.807) is 14.0 Å². The van der Waals surface area contributed by atoms with Crippen LogP contribution in [0.25, 0.3) is 22.4 Å². The van der Waals surface area contributed by atoms with Gasteiger partial charge in [0.15, 0.2) is 0 Å². The van der Waals surface area contributed by atoms with Gasteiger partial charge in [0.1, 0.15) is 16.9 Å². The minimum absolute atomic E-state index is 0.135. The standard InChI is InChI=1S/C15H15N3O2/c1-8-5-6-11(9(2)7-8)13-12-14(20-17-13)16-10(3)18(4)15(12)19/h5-7H,1-4H3. The number of hydrogen-bond acceptors (Lipinski definition) is 4. The number of aromatic nitrogens is 3. The van der Waals surface area contributed by atoms with Crippen molar-refractivity contribution < 1.29 is 4.52 Å². The fraction of sp³-hybridized carbons (Fsp3) is 0.267. The summed E-state index contributed by atoms with van der Waals surface area (Å²) in [6, 6.07) is 6.01. The van der Waals surface area contributed by atoms with Crippen molar-refractivity contribution >= 4 is 11.1 Å². The summed E-state index contributed by atoms with van der Waals surface area (Å²) in [6.45, 7) is 5.79. The fourth-order valence-electron chi connectivity index (χ4n) is 2.35. The summed E-state index contributed by atoms with van der Waals surface area (Å²) >= 11 is 0. The Morgan fingerprint density at radius 3 is 2.65 bits per heavy atom. The molecule has 0 unspecified atom stereocenters. The summed E-state index contributed by atoms with van der Waals surface area (Å²) in [5, 5.41) is 4.48. The zero-order valence-electron chi connectivity index (χ0n) is 11.9. The number of hydrogen-bond donors (Lipinski definition) is 0. The van der Waals surface area contributed by atoms with Crippen LogP contribution in [0.2, 0.25) is 0 Å². The van der Waals surface area contributed by atoms with Crippen LogP contribution >= 0.6 is 0 Å². The SMILES string of the molecule is Cc1ccc(-c2noc3nc(C)n(C)c(=O)c23)c(C)c1. The molecule has 0 N–H and O–H groups in total. The Balaban J connectivity index is 2.38. The molecule has 2 aromatic heterocycles. The second-order valence-electron chi connectivity index (χ2n) is 5.05. The molecule has 0 bridgehead atoms. The Labute approximate surface area is 115 Å². The van der Waals surface area contributed by atoms with Gasteiger partial charge in [0.05, 0.1) is 0 Å². The van der Waals surface area contributed by atoms with Crippen LogP contribution in [0.5, 0.6) is 0 Å². The third kappa shape index (κ3) is 1.74. The predicted octanol–water partition coefficient (Wildman–Crippen LogP) is 2.51. The second kappa shape index (κ2) is 4.30. The first kappa shape index (κ1) is 12.6. The van der Waals surface area contributed by atoms with E-state index in [9.17, 15) is 4.79 Å². The summed E-state index contributed by atoms with van der Waals surface area (Å²) in [5.74, 6) is 0.603. The fourth-order valence-corrected chi connectivity index (χ4v) is 2.35. The maximum Gasteiger partial charge on any atom is 0.266 e. The van der Waals surface area contributed by atoms with Crippen LogP contribution in [-0.4, -0.2) is 14.7 Å². The van der Waals surface area contributed by atoms with Gasteiger partial charge in [0.2, 0.25) is 0 Å². The molecule has 0 aliphatic rings. The molecule has 102 valence electrons. The molecule has 0 aliphatic heterocycles. The molecule has 0 spiro atoms. The van der Waals surface area contributed by atoms with Crippen molar-refractivity contribution in [2.75, 3.05) is 0 Å². The highest BCUT2D eigenvalue weighted by Crippen LogP contribution is 2.27. The second-order valence-corrected chi connectivity index (χ2v) is 5.05. The number of aryl methyl sites for hydroxylation is 3. The third-order valence-electron chi connectivity index (χ3n) is 3.58. The molecule has 0 aliphatic carbocycles. The third-order valence-corrected chi connectivity index (χ3v) is 3.58. The molecule has 1 aromatic carbocycles. The first-order chi connectivity index (χ1) is 9.49. The van der Waals surface area contributed by atoms with Crippen molar-refractivity contribution in [1.29, 1.82) is 0 Å². The molecule has 20 heavy (non-hydrogen) atoms. The Morgan fingerprint density at radius 1 is 1.20 bits per heavy atom. The minimum Gasteiger partial charge on any atom is -0.335 e. The van der Waals surface area contributed by atoms with Gasteiger partial charge in [-0.1, -0.05) is 28.9 Å². The first-order valence-corrected chi connectivity index (χ1v) is 6.39. The average molecular weight is 269 g/mol. The van der Waals surface area contributed by atoms with E-state index in [0.717, 1.165) is 11.1 Å². The maximum absolute atomic E-state index is 12.4. The predicted molar refractivity (Wildman–Crippen MR) is 76.7 cm³/mol. The van der Waals surface area contributed by atoms with Gasteiger partial charge in [-0.2, -0.15) is 4.98 Å². The van der Waals surface area contributed by atoms with Gasteiger partial charge >= 0.3 is 0 Å². The van der Waals surface area contributed by atoms with Crippen molar-refractivity contribution in [3.05, 3.63) is 45.5 Å². The summed E-state index contributed by atoms with van der Waals surface area (Å²) < 4.78 is 6.74. The molecule has 0 saturated carbocycles. The number of fused-ring (bicyclic) bond motifs is 1. The molecule has 5 heteroatoms. The maximum atomic E-state index is 12.4. The summed E-state index contributed by atoms with van der Waals surface area (Å²) in [7, 11) is 1.70. The summed E-state index contributed by atoms with van der Waals surface area (Å²) in [5.41, 5.74) is 3.84. The molecule has 5 nitrogen and oxygen atoms in total. The molecule has 0 atom stereocenters. The van der Waals surface area contributed by atoms with Crippen LogP contribution < -0.4 is 5.56 Å². The van der Waals surface area contributed by atoms with Crippen molar-refractivity contribution in [2.24, 2.45) is 7.05 Å². The van der Waals surface area contributed by atoms with Crippen LogP contribution in [0.4, 0.5) is 0 Å². The smallest absolute Gasteiger partial charge is 0.266 e. The summed E-state index contributed by atoms with van der Waals surface area (Å²) in [6.07, 6.45) is 0. The van der Waals surface area contributed by atoms with Gasteiger partial charge in [-0.25, -0.2) is 0 Å². The molecule has 0 fully saturated rings. The topological polar surface area (TPSA) is 60.9 Å². The van der Waals surface area contributed by atoms with Crippen LogP contribution in [-0.2, 0) is 7.05 Å². The van der Waals surface area contributed by atoms with Gasteiger partial charge < -0.3 is 4.52 Å². The quantitative estimate of drug-likeness (QED) is 0.681. The highest BCUT2D eigenvalue weighted by Gasteiger charge is 2.18. The van der Waals surface area contributed by atoms with Crippen molar-refractivity contribution in [2.45, 2.75) is 20.8 Å². The van der Waals surface area contributed by atoms with E-state index in [1.165, 1.54) is 10.1 Å². The van der Waals surface area contributed by atoms with Crippen molar-refractivity contribution in [3.63, 3.8) is 0 Å². The van der Waals surface area contributed by atoms with E-state index in [0.29, 0.717) is 22.6 Å². The van der Waals surface area contributed by atoms with E-state index >= 15 is 0 Å². The molecular weight excluding hydrogens is 254 g/mol. The van der Waals surface area contributed by atoms with E-state index in [4.69, 9.17) is 4.52 Å². The minimum atomic E-state index is -0.135. The number of nitrogens with zero attached hydrogens (tertiary/aromatic N) is 3. The average Bonchev–Trinajstić information content (AvgIpc) is 2.80. The molecule has 3 rings (SSSR count). The lowest BCUT2D eigenvalue weighted by atomic mass is 10.0. The first-order valence-electron chi connectivity index (χ1n) is 6.39. The van der Waals surface area contributed by atoms with Crippen LogP contribution in [0.15, 0.2) is 27.5 Å². The van der Waals surface area contributed by atoms with E-state index in [2.05, 4.69) is 16.2 Å². The lowest BCUT2D eigenvalue weighted by Gasteiger charge is -2.04. The van der Waals surface area contributed by atoms with Gasteiger partial charge in [0.25, 0.3) is 11.3 Å². The molecule has 0 amide bonds. The highest BCUT2D eigenvalue weighted by molar-refractivity contribution is 5.89. The molecule has 2 heterocycles. The van der Waals surface area contributed by atoms with Crippen molar-refractivity contribution in [3.8, 4) is 11.3 Å². The Hall–Kier alpha value is -2.43. The summed E-state index contributed by atoms with van der Waals surface area (Å²) in [4.78, 5) is 16.7. The molecule has 3 aromatic rings. The Kier molecular flexibility index (Phi) is 2.71. The van der Waals surface area contributed by atoms with Gasteiger partial charge in [-0.15, -0.1) is 0 Å². The lowest BCUT2D eigenvalue weighted by Crippen LogP contribution is -2.20. The van der Waals surface area contributed by atoms with Crippen molar-refractivity contribution in [1.82, 2.24) is 14.7 Å². The molecule has 0 radical (unpaired) electrons. The van der Waals surface area contributed by atoms with E-state index < -0.39 is 0 Å². The monoisotopic (exact) mass is 269 g/mol. The van der Waals surface area contributed by atoms with Gasteiger partial charge in [-0.3, -0.25) is 9.36 Å². The zero-order valence-corrected chi connectivity index (χ0v) is 11.9. The van der Waals surface area contributed by atoms with Crippen LogP contribution in [0.3, 0.4) is 0 Å². The number of rotatable bonds is 1. The van der Waals surface area contributed by atoms with E-state index in [1.807, 2.05) is 26.0 Å². The van der Waals surface area contributed by atoms with Gasteiger partial charge in [0, 0.05) is 12.6 Å². The van der Waals surface area contributed by atoms with E-state index in [-0.39, 0.29) is 5.56 Å². The highest BCUT2D eigenvalue weighted by atomic mass is 16.5. The Morgan fingerprint density at radius 2 is 1.95 bits per heavy atom. The molecule has 0 saturated heterocycles. The lowest BCUT2D eigenvalue weighted by molar-refractivity contribution is 0.449. The zero-order chi connectivity index (χ0) is 14.4. The van der Waals surface area contributed by atoms with Crippen LogP contribution in [0, 0.1) is 20.8 Å². The largest absolute Gasteiger partial charge is 0.335 e. The Bertz CT molecular complexity index is 875. The van der Waals surface area contributed by atoms with Crippen LogP contribution in [0.1, 0.15) is 17.0 Å². The molecular formula is C15H15N3O2. The van der Waals surface area contributed by atoms with Gasteiger partial charge in [-0.05, 0) is 26.3 Å². The number of benzene rings is 1. The normalized spacial score (nSPS) is 11.2.